The Morgan fingerprint density at radius 2 is 2.13 bits per heavy atom. The number of rotatable bonds is 2. The van der Waals surface area contributed by atoms with Crippen LogP contribution in [0, 0.1) is 5.92 Å². The Balaban J connectivity index is 1.98. The van der Waals surface area contributed by atoms with E-state index >= 15 is 0 Å². The first kappa shape index (κ1) is 10.7. The summed E-state index contributed by atoms with van der Waals surface area (Å²) in [4.78, 5) is 11.7. The highest BCUT2D eigenvalue weighted by Crippen LogP contribution is 2.32. The van der Waals surface area contributed by atoms with Crippen LogP contribution in [-0.4, -0.2) is 23.2 Å². The highest BCUT2D eigenvalue weighted by molar-refractivity contribution is 5.79. The molecule has 0 aromatic heterocycles. The molecular formula is C12H20N2O. The van der Waals surface area contributed by atoms with Crippen molar-refractivity contribution in [2.75, 3.05) is 0 Å². The zero-order chi connectivity index (χ0) is 10.7. The lowest BCUT2D eigenvalue weighted by atomic mass is 9.83. The van der Waals surface area contributed by atoms with Gasteiger partial charge < -0.3 is 0 Å². The molecule has 1 amide bonds. The van der Waals surface area contributed by atoms with Gasteiger partial charge in [-0.25, -0.2) is 5.01 Å². The van der Waals surface area contributed by atoms with Gasteiger partial charge >= 0.3 is 0 Å². The second-order valence-corrected chi connectivity index (χ2v) is 4.59. The van der Waals surface area contributed by atoms with Crippen molar-refractivity contribution < 1.29 is 4.79 Å². The topological polar surface area (TPSA) is 32.7 Å². The zero-order valence-corrected chi connectivity index (χ0v) is 9.48. The summed E-state index contributed by atoms with van der Waals surface area (Å²) in [6.45, 7) is 1.91. The molecule has 1 fully saturated rings. The molecule has 1 heterocycles. The number of carbonyl (C=O) groups excluding carboxylic acids is 1. The SMILES string of the molecule is CCC(=O)N1N=CCC1C1CCCCC1. The molecule has 0 saturated heterocycles. The Bertz CT molecular complexity index is 256. The molecule has 2 aliphatic rings. The average molecular weight is 208 g/mol. The maximum Gasteiger partial charge on any atom is 0.242 e. The first-order valence-electron chi connectivity index (χ1n) is 6.17. The molecule has 1 atom stereocenters. The summed E-state index contributed by atoms with van der Waals surface area (Å²) in [6, 6.07) is 0.373. The summed E-state index contributed by atoms with van der Waals surface area (Å²) in [6.07, 6.45) is 10.0. The van der Waals surface area contributed by atoms with E-state index in [1.54, 1.807) is 5.01 Å². The summed E-state index contributed by atoms with van der Waals surface area (Å²) in [5.74, 6) is 0.871. The predicted octanol–water partition coefficient (Wildman–Crippen LogP) is 2.56. The van der Waals surface area contributed by atoms with E-state index in [4.69, 9.17) is 0 Å². The third-order valence-electron chi connectivity index (χ3n) is 3.62. The van der Waals surface area contributed by atoms with Crippen LogP contribution >= 0.6 is 0 Å². The second-order valence-electron chi connectivity index (χ2n) is 4.59. The van der Waals surface area contributed by atoms with Gasteiger partial charge in [-0.15, -0.1) is 0 Å². The highest BCUT2D eigenvalue weighted by Gasteiger charge is 2.33. The van der Waals surface area contributed by atoms with Crippen LogP contribution in [0.25, 0.3) is 0 Å². The number of carbonyl (C=O) groups is 1. The quantitative estimate of drug-likeness (QED) is 0.686. The Morgan fingerprint density at radius 3 is 2.80 bits per heavy atom. The van der Waals surface area contributed by atoms with Gasteiger partial charge in [0.25, 0.3) is 0 Å². The van der Waals surface area contributed by atoms with Gasteiger partial charge in [-0.3, -0.25) is 4.79 Å². The van der Waals surface area contributed by atoms with Gasteiger partial charge in [0.2, 0.25) is 5.91 Å². The normalized spacial score (nSPS) is 27.3. The molecule has 15 heavy (non-hydrogen) atoms. The van der Waals surface area contributed by atoms with Gasteiger partial charge in [0.05, 0.1) is 6.04 Å². The van der Waals surface area contributed by atoms with Gasteiger partial charge in [-0.05, 0) is 18.8 Å². The molecule has 1 aliphatic heterocycles. The number of hydrogen-bond acceptors (Lipinski definition) is 2. The molecule has 1 aliphatic carbocycles. The van der Waals surface area contributed by atoms with Crippen molar-refractivity contribution >= 4 is 12.1 Å². The molecule has 0 spiro atoms. The molecule has 0 aromatic carbocycles. The summed E-state index contributed by atoms with van der Waals surface area (Å²) in [5, 5.41) is 5.97. The van der Waals surface area contributed by atoms with E-state index in [0.29, 0.717) is 18.4 Å². The number of hydrazone groups is 1. The Labute approximate surface area is 91.5 Å². The van der Waals surface area contributed by atoms with Crippen LogP contribution in [-0.2, 0) is 4.79 Å². The van der Waals surface area contributed by atoms with Gasteiger partial charge in [0.1, 0.15) is 0 Å². The van der Waals surface area contributed by atoms with Crippen LogP contribution in [0.4, 0.5) is 0 Å². The molecule has 0 bridgehead atoms. The lowest BCUT2D eigenvalue weighted by molar-refractivity contribution is -0.133. The van der Waals surface area contributed by atoms with Crippen molar-refractivity contribution in [2.24, 2.45) is 11.0 Å². The highest BCUT2D eigenvalue weighted by atomic mass is 16.2. The number of hydrogen-bond donors (Lipinski definition) is 0. The molecule has 0 radical (unpaired) electrons. The fourth-order valence-electron chi connectivity index (χ4n) is 2.75. The summed E-state index contributed by atoms with van der Waals surface area (Å²) < 4.78 is 0. The minimum atomic E-state index is 0.180. The van der Waals surface area contributed by atoms with Crippen molar-refractivity contribution in [3.8, 4) is 0 Å². The number of amides is 1. The van der Waals surface area contributed by atoms with E-state index in [1.165, 1.54) is 32.1 Å². The monoisotopic (exact) mass is 208 g/mol. The van der Waals surface area contributed by atoms with Crippen LogP contribution in [0.15, 0.2) is 5.10 Å². The summed E-state index contributed by atoms with van der Waals surface area (Å²) in [7, 11) is 0. The zero-order valence-electron chi connectivity index (χ0n) is 9.48. The Kier molecular flexibility index (Phi) is 3.39. The molecule has 84 valence electrons. The lowest BCUT2D eigenvalue weighted by Crippen LogP contribution is -2.38. The predicted molar refractivity (Wildman–Crippen MR) is 60.6 cm³/mol. The molecule has 3 heteroatoms. The average Bonchev–Trinajstić information content (AvgIpc) is 2.78. The molecule has 0 aromatic rings. The fraction of sp³-hybridized carbons (Fsp3) is 0.833. The van der Waals surface area contributed by atoms with Crippen molar-refractivity contribution in [1.82, 2.24) is 5.01 Å². The summed E-state index contributed by atoms with van der Waals surface area (Å²) in [5.41, 5.74) is 0. The fourth-order valence-corrected chi connectivity index (χ4v) is 2.75. The van der Waals surface area contributed by atoms with E-state index in [2.05, 4.69) is 5.10 Å². The van der Waals surface area contributed by atoms with Crippen molar-refractivity contribution in [2.45, 2.75) is 57.9 Å². The first-order chi connectivity index (χ1) is 7.33. The van der Waals surface area contributed by atoms with Crippen molar-refractivity contribution in [3.05, 3.63) is 0 Å². The lowest BCUT2D eigenvalue weighted by Gasteiger charge is -2.32. The van der Waals surface area contributed by atoms with E-state index < -0.39 is 0 Å². The maximum atomic E-state index is 11.7. The third-order valence-corrected chi connectivity index (χ3v) is 3.62. The van der Waals surface area contributed by atoms with Crippen LogP contribution < -0.4 is 0 Å². The Morgan fingerprint density at radius 1 is 1.40 bits per heavy atom. The van der Waals surface area contributed by atoms with Crippen molar-refractivity contribution in [3.63, 3.8) is 0 Å². The standard InChI is InChI=1S/C12H20N2O/c1-2-12(15)14-11(8-9-13-14)10-6-4-3-5-7-10/h9-11H,2-8H2,1H3. The van der Waals surface area contributed by atoms with Crippen LogP contribution in [0.2, 0.25) is 0 Å². The van der Waals surface area contributed by atoms with E-state index in [-0.39, 0.29) is 5.91 Å². The number of nitrogens with zero attached hydrogens (tertiary/aromatic N) is 2. The smallest absolute Gasteiger partial charge is 0.242 e. The minimum Gasteiger partial charge on any atom is -0.273 e. The third kappa shape index (κ3) is 2.21. The molecular weight excluding hydrogens is 188 g/mol. The van der Waals surface area contributed by atoms with Gasteiger partial charge in [-0.1, -0.05) is 26.2 Å². The molecule has 3 nitrogen and oxygen atoms in total. The molecule has 2 rings (SSSR count). The van der Waals surface area contributed by atoms with Crippen molar-refractivity contribution in [1.29, 1.82) is 0 Å². The minimum absolute atomic E-state index is 0.180. The van der Waals surface area contributed by atoms with Crippen LogP contribution in [0.1, 0.15) is 51.9 Å². The van der Waals surface area contributed by atoms with Crippen LogP contribution in [0.5, 0.6) is 0 Å². The largest absolute Gasteiger partial charge is 0.273 e. The first-order valence-corrected chi connectivity index (χ1v) is 6.17. The second kappa shape index (κ2) is 4.77. The summed E-state index contributed by atoms with van der Waals surface area (Å²) >= 11 is 0. The molecule has 0 N–H and O–H groups in total. The van der Waals surface area contributed by atoms with Gasteiger partial charge in [-0.2, -0.15) is 5.10 Å². The van der Waals surface area contributed by atoms with E-state index in [1.807, 2.05) is 13.1 Å². The molecule has 1 unspecified atom stereocenters. The van der Waals surface area contributed by atoms with Gasteiger partial charge in [0, 0.05) is 19.1 Å². The van der Waals surface area contributed by atoms with Gasteiger partial charge in [0.15, 0.2) is 0 Å². The maximum absolute atomic E-state index is 11.7. The van der Waals surface area contributed by atoms with Crippen LogP contribution in [0.3, 0.4) is 0 Å². The molecule has 1 saturated carbocycles. The Hall–Kier alpha value is -0.860. The van der Waals surface area contributed by atoms with E-state index in [0.717, 1.165) is 6.42 Å². The van der Waals surface area contributed by atoms with E-state index in [9.17, 15) is 4.79 Å².